The largest absolute Gasteiger partial charge is 0.345 e. The SMILES string of the molecule is C#CCN(CCC)c1cc(CNCCC)c(Cl)cn1. The van der Waals surface area contributed by atoms with Crippen LogP contribution in [0.5, 0.6) is 0 Å². The molecule has 0 aliphatic rings. The van der Waals surface area contributed by atoms with Crippen LogP contribution in [-0.4, -0.2) is 24.6 Å². The molecule has 0 aliphatic carbocycles. The second-order valence-corrected chi connectivity index (χ2v) is 4.84. The summed E-state index contributed by atoms with van der Waals surface area (Å²) in [4.78, 5) is 6.47. The van der Waals surface area contributed by atoms with Crippen molar-refractivity contribution in [1.82, 2.24) is 10.3 Å². The summed E-state index contributed by atoms with van der Waals surface area (Å²) in [5.74, 6) is 3.58. The summed E-state index contributed by atoms with van der Waals surface area (Å²) in [6, 6.07) is 2.03. The number of aromatic nitrogens is 1. The highest BCUT2D eigenvalue weighted by Gasteiger charge is 2.09. The van der Waals surface area contributed by atoms with Crippen LogP contribution in [0.15, 0.2) is 12.3 Å². The van der Waals surface area contributed by atoms with E-state index in [9.17, 15) is 0 Å². The molecule has 1 heterocycles. The lowest BCUT2D eigenvalue weighted by atomic mass is 10.2. The first-order valence-electron chi connectivity index (χ1n) is 6.76. The number of hydrogen-bond acceptors (Lipinski definition) is 3. The van der Waals surface area contributed by atoms with E-state index >= 15 is 0 Å². The van der Waals surface area contributed by atoms with Gasteiger partial charge in [0.05, 0.1) is 11.6 Å². The monoisotopic (exact) mass is 279 g/mol. The van der Waals surface area contributed by atoms with E-state index in [1.165, 1.54) is 0 Å². The number of rotatable bonds is 8. The van der Waals surface area contributed by atoms with Gasteiger partial charge in [0, 0.05) is 19.3 Å². The molecule has 0 saturated carbocycles. The predicted octanol–water partition coefficient (Wildman–Crippen LogP) is 3.08. The van der Waals surface area contributed by atoms with E-state index in [2.05, 4.69) is 35.0 Å². The second kappa shape index (κ2) is 8.79. The smallest absolute Gasteiger partial charge is 0.129 e. The topological polar surface area (TPSA) is 28.2 Å². The van der Waals surface area contributed by atoms with Crippen LogP contribution in [0.4, 0.5) is 5.82 Å². The van der Waals surface area contributed by atoms with E-state index < -0.39 is 0 Å². The average molecular weight is 280 g/mol. The van der Waals surface area contributed by atoms with Crippen LogP contribution in [0.2, 0.25) is 5.02 Å². The lowest BCUT2D eigenvalue weighted by Gasteiger charge is -2.21. The molecular weight excluding hydrogens is 258 g/mol. The molecule has 0 spiro atoms. The number of nitrogens with zero attached hydrogens (tertiary/aromatic N) is 2. The third-order valence-corrected chi connectivity index (χ3v) is 3.10. The summed E-state index contributed by atoms with van der Waals surface area (Å²) in [5, 5.41) is 4.05. The summed E-state index contributed by atoms with van der Waals surface area (Å²) in [5.41, 5.74) is 1.07. The number of pyridine rings is 1. The fourth-order valence-electron chi connectivity index (χ4n) is 1.83. The molecule has 0 aliphatic heterocycles. The quantitative estimate of drug-likeness (QED) is 0.585. The van der Waals surface area contributed by atoms with Gasteiger partial charge in [0.15, 0.2) is 0 Å². The molecule has 1 aromatic heterocycles. The summed E-state index contributed by atoms with van der Waals surface area (Å²) in [7, 11) is 0. The van der Waals surface area contributed by atoms with Crippen molar-refractivity contribution in [3.63, 3.8) is 0 Å². The molecule has 0 saturated heterocycles. The molecule has 1 rings (SSSR count). The Morgan fingerprint density at radius 3 is 2.84 bits per heavy atom. The fourth-order valence-corrected chi connectivity index (χ4v) is 2.00. The highest BCUT2D eigenvalue weighted by atomic mass is 35.5. The van der Waals surface area contributed by atoms with Gasteiger partial charge in [-0.25, -0.2) is 4.98 Å². The van der Waals surface area contributed by atoms with Gasteiger partial charge in [0.25, 0.3) is 0 Å². The zero-order valence-corrected chi connectivity index (χ0v) is 12.5. The second-order valence-electron chi connectivity index (χ2n) is 4.44. The maximum Gasteiger partial charge on any atom is 0.129 e. The number of nitrogens with one attached hydrogen (secondary N) is 1. The number of hydrogen-bond donors (Lipinski definition) is 1. The molecule has 1 aromatic rings. The van der Waals surface area contributed by atoms with Crippen LogP contribution in [0.1, 0.15) is 32.3 Å². The van der Waals surface area contributed by atoms with Gasteiger partial charge in [0.2, 0.25) is 0 Å². The standard InChI is InChI=1S/C15H22ClN3/c1-4-7-17-11-13-10-15(18-12-14(13)16)19(8-5-2)9-6-3/h2,10,12,17H,4,6-9,11H2,1,3H3. The first kappa shape index (κ1) is 15.8. The molecular formula is C15H22ClN3. The maximum absolute atomic E-state index is 6.17. The Balaban J connectivity index is 2.83. The zero-order valence-electron chi connectivity index (χ0n) is 11.7. The average Bonchev–Trinajstić information content (AvgIpc) is 2.41. The van der Waals surface area contributed by atoms with Crippen molar-refractivity contribution in [3.8, 4) is 12.3 Å². The molecule has 4 heteroatoms. The van der Waals surface area contributed by atoms with Crippen LogP contribution in [0.3, 0.4) is 0 Å². The van der Waals surface area contributed by atoms with Gasteiger partial charge < -0.3 is 10.2 Å². The van der Waals surface area contributed by atoms with Crippen molar-refractivity contribution in [3.05, 3.63) is 22.8 Å². The van der Waals surface area contributed by atoms with E-state index in [4.69, 9.17) is 18.0 Å². The third-order valence-electron chi connectivity index (χ3n) is 2.76. The Labute approximate surface area is 121 Å². The highest BCUT2D eigenvalue weighted by molar-refractivity contribution is 6.31. The van der Waals surface area contributed by atoms with Crippen molar-refractivity contribution >= 4 is 17.4 Å². The van der Waals surface area contributed by atoms with Crippen LogP contribution in [0, 0.1) is 12.3 Å². The Bertz CT molecular complexity index is 426. The molecule has 0 unspecified atom stereocenters. The molecule has 0 fully saturated rings. The van der Waals surface area contributed by atoms with Gasteiger partial charge in [-0.05, 0) is 31.0 Å². The van der Waals surface area contributed by atoms with E-state index in [0.29, 0.717) is 11.6 Å². The molecule has 104 valence electrons. The summed E-state index contributed by atoms with van der Waals surface area (Å²) >= 11 is 6.17. The fraction of sp³-hybridized carbons (Fsp3) is 0.533. The Kier molecular flexibility index (Phi) is 7.32. The maximum atomic E-state index is 6.17. The van der Waals surface area contributed by atoms with Crippen molar-refractivity contribution in [2.75, 3.05) is 24.5 Å². The number of halogens is 1. The van der Waals surface area contributed by atoms with Crippen LogP contribution >= 0.6 is 11.6 Å². The van der Waals surface area contributed by atoms with Crippen molar-refractivity contribution < 1.29 is 0 Å². The molecule has 3 nitrogen and oxygen atoms in total. The van der Waals surface area contributed by atoms with E-state index in [1.807, 2.05) is 6.07 Å². The first-order valence-corrected chi connectivity index (χ1v) is 7.14. The molecule has 0 amide bonds. The minimum atomic E-state index is 0.574. The normalized spacial score (nSPS) is 10.2. The molecule has 0 aromatic carbocycles. The van der Waals surface area contributed by atoms with Gasteiger partial charge in [-0.15, -0.1) is 6.42 Å². The lowest BCUT2D eigenvalue weighted by Crippen LogP contribution is -2.25. The minimum Gasteiger partial charge on any atom is -0.345 e. The Morgan fingerprint density at radius 2 is 2.21 bits per heavy atom. The molecule has 0 bridgehead atoms. The lowest BCUT2D eigenvalue weighted by molar-refractivity contribution is 0.674. The summed E-state index contributed by atoms with van der Waals surface area (Å²) < 4.78 is 0. The summed E-state index contributed by atoms with van der Waals surface area (Å²) in [6.07, 6.45) is 9.26. The van der Waals surface area contributed by atoms with Crippen molar-refractivity contribution in [2.45, 2.75) is 33.2 Å². The first-order chi connectivity index (χ1) is 9.22. The van der Waals surface area contributed by atoms with Crippen molar-refractivity contribution in [1.29, 1.82) is 0 Å². The van der Waals surface area contributed by atoms with Gasteiger partial charge in [0.1, 0.15) is 5.82 Å². The number of anilines is 1. The predicted molar refractivity (Wildman–Crippen MR) is 82.6 cm³/mol. The van der Waals surface area contributed by atoms with Crippen LogP contribution in [0.25, 0.3) is 0 Å². The highest BCUT2D eigenvalue weighted by Crippen LogP contribution is 2.20. The van der Waals surface area contributed by atoms with Gasteiger partial charge >= 0.3 is 0 Å². The molecule has 1 N–H and O–H groups in total. The number of terminal acetylenes is 1. The van der Waals surface area contributed by atoms with Crippen molar-refractivity contribution in [2.24, 2.45) is 0 Å². The van der Waals surface area contributed by atoms with E-state index in [1.54, 1.807) is 6.20 Å². The minimum absolute atomic E-state index is 0.574. The molecule has 0 radical (unpaired) electrons. The van der Waals surface area contributed by atoms with Crippen LogP contribution in [-0.2, 0) is 6.54 Å². The van der Waals surface area contributed by atoms with Gasteiger partial charge in [-0.1, -0.05) is 31.4 Å². The molecule has 0 atom stereocenters. The van der Waals surface area contributed by atoms with Crippen LogP contribution < -0.4 is 10.2 Å². The third kappa shape index (κ3) is 5.10. The Hall–Kier alpha value is -1.24. The Morgan fingerprint density at radius 1 is 1.42 bits per heavy atom. The summed E-state index contributed by atoms with van der Waals surface area (Å²) in [6.45, 7) is 7.49. The van der Waals surface area contributed by atoms with Gasteiger partial charge in [-0.2, -0.15) is 0 Å². The zero-order chi connectivity index (χ0) is 14.1. The van der Waals surface area contributed by atoms with Gasteiger partial charge in [-0.3, -0.25) is 0 Å². The molecule has 19 heavy (non-hydrogen) atoms. The van der Waals surface area contributed by atoms with E-state index in [-0.39, 0.29) is 0 Å². The van der Waals surface area contributed by atoms with E-state index in [0.717, 1.165) is 43.9 Å².